The first-order chi connectivity index (χ1) is 8.81. The van der Waals surface area contributed by atoms with Crippen molar-refractivity contribution in [2.75, 3.05) is 0 Å². The lowest BCUT2D eigenvalue weighted by Gasteiger charge is -1.98. The van der Waals surface area contributed by atoms with Crippen molar-refractivity contribution in [2.24, 2.45) is 0 Å². The highest BCUT2D eigenvalue weighted by Crippen LogP contribution is 2.29. The lowest BCUT2D eigenvalue weighted by molar-refractivity contribution is 1.46. The second kappa shape index (κ2) is 4.66. The van der Waals surface area contributed by atoms with E-state index in [2.05, 4.69) is 80.1 Å². The van der Waals surface area contributed by atoms with E-state index in [0.717, 1.165) is 0 Å². The SMILES string of the molecule is Cc1ccc(/C=C/c2ccc(C3=C[CH]3)cc2)cc1. The summed E-state index contributed by atoms with van der Waals surface area (Å²) >= 11 is 0. The summed E-state index contributed by atoms with van der Waals surface area (Å²) in [5.74, 6) is 0. The Hall–Kier alpha value is -2.08. The molecule has 0 aliphatic heterocycles. The Labute approximate surface area is 108 Å². The molecule has 0 spiro atoms. The van der Waals surface area contributed by atoms with Crippen LogP contribution in [0.5, 0.6) is 0 Å². The van der Waals surface area contributed by atoms with E-state index in [1.54, 1.807) is 0 Å². The summed E-state index contributed by atoms with van der Waals surface area (Å²) < 4.78 is 0. The molecule has 0 unspecified atom stereocenters. The zero-order valence-corrected chi connectivity index (χ0v) is 10.4. The fourth-order valence-electron chi connectivity index (χ4n) is 1.89. The van der Waals surface area contributed by atoms with Crippen molar-refractivity contribution in [3.8, 4) is 0 Å². The van der Waals surface area contributed by atoms with Gasteiger partial charge in [0.15, 0.2) is 0 Å². The molecule has 1 radical (unpaired) electrons. The molecule has 0 heteroatoms. The highest BCUT2D eigenvalue weighted by molar-refractivity contribution is 5.87. The zero-order chi connectivity index (χ0) is 12.4. The molecule has 2 aromatic rings. The van der Waals surface area contributed by atoms with E-state index < -0.39 is 0 Å². The molecule has 0 saturated carbocycles. The van der Waals surface area contributed by atoms with Crippen LogP contribution in [0, 0.1) is 13.3 Å². The van der Waals surface area contributed by atoms with E-state index in [0.29, 0.717) is 0 Å². The second-order valence-corrected chi connectivity index (χ2v) is 4.65. The maximum absolute atomic E-state index is 2.17. The zero-order valence-electron chi connectivity index (χ0n) is 10.4. The van der Waals surface area contributed by atoms with E-state index in [-0.39, 0.29) is 0 Å². The number of aryl methyl sites for hydroxylation is 1. The molecule has 0 N–H and O–H groups in total. The topological polar surface area (TPSA) is 0 Å². The molecule has 0 atom stereocenters. The minimum Gasteiger partial charge on any atom is -0.0716 e. The van der Waals surface area contributed by atoms with Crippen molar-refractivity contribution < 1.29 is 0 Å². The van der Waals surface area contributed by atoms with Gasteiger partial charge in [-0.1, -0.05) is 72.3 Å². The fraction of sp³-hybridized carbons (Fsp3) is 0.0556. The Bertz CT molecular complexity index is 595. The van der Waals surface area contributed by atoms with Crippen LogP contribution in [0.2, 0.25) is 0 Å². The van der Waals surface area contributed by atoms with Crippen molar-refractivity contribution in [1.82, 2.24) is 0 Å². The first-order valence-electron chi connectivity index (χ1n) is 6.21. The van der Waals surface area contributed by atoms with Crippen LogP contribution in [0.1, 0.15) is 22.3 Å². The third-order valence-corrected chi connectivity index (χ3v) is 3.12. The van der Waals surface area contributed by atoms with Gasteiger partial charge in [-0.2, -0.15) is 0 Å². The van der Waals surface area contributed by atoms with Gasteiger partial charge in [0, 0.05) is 6.42 Å². The average molecular weight is 231 g/mol. The van der Waals surface area contributed by atoms with Crippen LogP contribution in [-0.2, 0) is 0 Å². The van der Waals surface area contributed by atoms with Gasteiger partial charge < -0.3 is 0 Å². The van der Waals surface area contributed by atoms with Gasteiger partial charge in [-0.15, -0.1) is 0 Å². The Morgan fingerprint density at radius 2 is 1.22 bits per heavy atom. The number of hydrogen-bond donors (Lipinski definition) is 0. The largest absolute Gasteiger partial charge is 0.0716 e. The summed E-state index contributed by atoms with van der Waals surface area (Å²) in [6, 6.07) is 17.2. The number of rotatable bonds is 3. The van der Waals surface area contributed by atoms with Crippen molar-refractivity contribution >= 4 is 17.7 Å². The van der Waals surface area contributed by atoms with Gasteiger partial charge in [0.25, 0.3) is 0 Å². The van der Waals surface area contributed by atoms with Gasteiger partial charge in [0.05, 0.1) is 0 Å². The van der Waals surface area contributed by atoms with E-state index >= 15 is 0 Å². The molecular formula is C18H15. The molecular weight excluding hydrogens is 216 g/mol. The molecule has 2 aromatic carbocycles. The Morgan fingerprint density at radius 1 is 0.722 bits per heavy atom. The molecule has 0 amide bonds. The lowest BCUT2D eigenvalue weighted by atomic mass is 10.1. The number of hydrogen-bond acceptors (Lipinski definition) is 0. The Balaban J connectivity index is 1.75. The third kappa shape index (κ3) is 2.60. The summed E-state index contributed by atoms with van der Waals surface area (Å²) in [6.07, 6.45) is 8.57. The maximum Gasteiger partial charge on any atom is 0.0131 e. The third-order valence-electron chi connectivity index (χ3n) is 3.12. The van der Waals surface area contributed by atoms with E-state index in [9.17, 15) is 0 Å². The molecule has 87 valence electrons. The van der Waals surface area contributed by atoms with Crippen LogP contribution < -0.4 is 0 Å². The van der Waals surface area contributed by atoms with Crippen molar-refractivity contribution in [2.45, 2.75) is 6.92 Å². The minimum absolute atomic E-state index is 1.24. The van der Waals surface area contributed by atoms with Gasteiger partial charge in [-0.25, -0.2) is 0 Å². The Kier molecular flexibility index (Phi) is 2.85. The normalized spacial score (nSPS) is 13.7. The van der Waals surface area contributed by atoms with Gasteiger partial charge in [0.1, 0.15) is 0 Å². The summed E-state index contributed by atoms with van der Waals surface area (Å²) in [5, 5.41) is 0. The second-order valence-electron chi connectivity index (χ2n) is 4.65. The summed E-state index contributed by atoms with van der Waals surface area (Å²) in [4.78, 5) is 0. The monoisotopic (exact) mass is 231 g/mol. The molecule has 1 aliphatic rings. The molecule has 0 saturated heterocycles. The summed E-state index contributed by atoms with van der Waals surface area (Å²) in [5.41, 5.74) is 6.43. The van der Waals surface area contributed by atoms with Crippen LogP contribution in [0.15, 0.2) is 54.6 Å². The summed E-state index contributed by atoms with van der Waals surface area (Å²) in [6.45, 7) is 2.11. The molecule has 3 rings (SSSR count). The highest BCUT2D eigenvalue weighted by Gasteiger charge is 2.09. The molecule has 0 heterocycles. The first-order valence-corrected chi connectivity index (χ1v) is 6.21. The van der Waals surface area contributed by atoms with E-state index in [4.69, 9.17) is 0 Å². The lowest BCUT2D eigenvalue weighted by Crippen LogP contribution is -1.76. The number of benzene rings is 2. The molecule has 18 heavy (non-hydrogen) atoms. The average Bonchev–Trinajstić information content (AvgIpc) is 3.23. The summed E-state index contributed by atoms with van der Waals surface area (Å²) in [7, 11) is 0. The van der Waals surface area contributed by atoms with Gasteiger partial charge in [-0.3, -0.25) is 0 Å². The predicted molar refractivity (Wildman–Crippen MR) is 78.8 cm³/mol. The standard InChI is InChI=1S/C18H15/c1-14-2-4-15(5-3-14)6-7-16-8-10-17(11-9-16)18-12-13-18/h2-13H,1H3/b7-6+. The van der Waals surface area contributed by atoms with Crippen LogP contribution in [0.3, 0.4) is 0 Å². The minimum atomic E-state index is 1.24. The van der Waals surface area contributed by atoms with Crippen molar-refractivity contribution in [3.05, 3.63) is 83.3 Å². The highest BCUT2D eigenvalue weighted by atomic mass is 14.1. The van der Waals surface area contributed by atoms with Crippen molar-refractivity contribution in [3.63, 3.8) is 0 Å². The smallest absolute Gasteiger partial charge is 0.0131 e. The molecule has 1 aliphatic carbocycles. The van der Waals surface area contributed by atoms with Crippen LogP contribution in [-0.4, -0.2) is 0 Å². The van der Waals surface area contributed by atoms with Crippen LogP contribution in [0.4, 0.5) is 0 Å². The molecule has 0 nitrogen and oxygen atoms in total. The maximum atomic E-state index is 2.17. The molecule has 0 fully saturated rings. The van der Waals surface area contributed by atoms with Gasteiger partial charge in [-0.05, 0) is 29.2 Å². The van der Waals surface area contributed by atoms with Crippen LogP contribution in [0.25, 0.3) is 17.7 Å². The number of allylic oxidation sites excluding steroid dienone is 2. The van der Waals surface area contributed by atoms with Gasteiger partial charge >= 0.3 is 0 Å². The van der Waals surface area contributed by atoms with E-state index in [1.165, 1.54) is 27.8 Å². The first kappa shape index (κ1) is 11.0. The predicted octanol–water partition coefficient (Wildman–Crippen LogP) is 4.77. The van der Waals surface area contributed by atoms with Crippen LogP contribution >= 0.6 is 0 Å². The molecule has 0 aromatic heterocycles. The van der Waals surface area contributed by atoms with E-state index in [1.807, 2.05) is 0 Å². The quantitative estimate of drug-likeness (QED) is 0.668. The molecule has 0 bridgehead atoms. The van der Waals surface area contributed by atoms with Gasteiger partial charge in [0.2, 0.25) is 0 Å². The van der Waals surface area contributed by atoms with Crippen molar-refractivity contribution in [1.29, 1.82) is 0 Å². The Morgan fingerprint density at radius 3 is 1.72 bits per heavy atom. The fourth-order valence-corrected chi connectivity index (χ4v) is 1.89.